The summed E-state index contributed by atoms with van der Waals surface area (Å²) in [5.41, 5.74) is 1.20. The molecular formula is C18H23N5O. The Hall–Kier alpha value is -2.63. The average molecular weight is 325 g/mol. The predicted octanol–water partition coefficient (Wildman–Crippen LogP) is 1.87. The van der Waals surface area contributed by atoms with Crippen LogP contribution in [0.5, 0.6) is 0 Å². The van der Waals surface area contributed by atoms with E-state index in [9.17, 15) is 4.79 Å². The third kappa shape index (κ3) is 3.82. The Balaban J connectivity index is 1.64. The number of carbonyl (C=O) groups excluding carboxylic acids is 1. The van der Waals surface area contributed by atoms with Crippen LogP contribution in [-0.2, 0) is 6.42 Å². The summed E-state index contributed by atoms with van der Waals surface area (Å²) in [6.45, 7) is 3.02. The van der Waals surface area contributed by atoms with Gasteiger partial charge in [0.2, 0.25) is 0 Å². The van der Waals surface area contributed by atoms with Crippen LogP contribution in [0, 0.1) is 0 Å². The van der Waals surface area contributed by atoms with Gasteiger partial charge in [-0.2, -0.15) is 0 Å². The molecule has 1 saturated heterocycles. The van der Waals surface area contributed by atoms with E-state index in [-0.39, 0.29) is 6.03 Å². The van der Waals surface area contributed by atoms with Gasteiger partial charge in [0.25, 0.3) is 0 Å². The molecule has 6 heteroatoms. The molecule has 126 valence electrons. The van der Waals surface area contributed by atoms with E-state index >= 15 is 0 Å². The van der Waals surface area contributed by atoms with Crippen molar-refractivity contribution in [1.82, 2.24) is 19.8 Å². The van der Waals surface area contributed by atoms with Crippen molar-refractivity contribution in [2.24, 2.45) is 0 Å². The van der Waals surface area contributed by atoms with Gasteiger partial charge in [-0.3, -0.25) is 0 Å². The molecule has 0 aliphatic carbocycles. The highest BCUT2D eigenvalue weighted by Crippen LogP contribution is 2.15. The van der Waals surface area contributed by atoms with Crippen molar-refractivity contribution in [3.05, 3.63) is 54.0 Å². The molecule has 1 aromatic heterocycles. The Bertz CT molecular complexity index is 681. The van der Waals surface area contributed by atoms with E-state index < -0.39 is 0 Å². The summed E-state index contributed by atoms with van der Waals surface area (Å²) in [6, 6.07) is 12.2. The number of nitrogens with zero attached hydrogens (tertiary/aromatic N) is 5. The van der Waals surface area contributed by atoms with E-state index in [1.54, 1.807) is 19.0 Å². The molecule has 0 unspecified atom stereocenters. The molecule has 1 fully saturated rings. The molecule has 1 aliphatic rings. The first kappa shape index (κ1) is 16.2. The van der Waals surface area contributed by atoms with Crippen LogP contribution in [0.1, 0.15) is 11.4 Å². The van der Waals surface area contributed by atoms with Gasteiger partial charge in [0.1, 0.15) is 11.6 Å². The Morgan fingerprint density at radius 3 is 2.46 bits per heavy atom. The quantitative estimate of drug-likeness (QED) is 0.864. The van der Waals surface area contributed by atoms with E-state index in [0.29, 0.717) is 0 Å². The van der Waals surface area contributed by atoms with Gasteiger partial charge >= 0.3 is 6.03 Å². The van der Waals surface area contributed by atoms with Crippen molar-refractivity contribution in [2.75, 3.05) is 45.2 Å². The first-order chi connectivity index (χ1) is 11.6. The van der Waals surface area contributed by atoms with Crippen molar-refractivity contribution in [3.63, 3.8) is 0 Å². The molecule has 6 nitrogen and oxygen atoms in total. The van der Waals surface area contributed by atoms with Gasteiger partial charge in [0.05, 0.1) is 0 Å². The minimum atomic E-state index is 0.0714. The highest BCUT2D eigenvalue weighted by Gasteiger charge is 2.23. The van der Waals surface area contributed by atoms with Crippen molar-refractivity contribution < 1.29 is 4.79 Å². The van der Waals surface area contributed by atoms with E-state index in [1.165, 1.54) is 5.56 Å². The molecule has 1 aliphatic heterocycles. The number of piperazine rings is 1. The Kier molecular flexibility index (Phi) is 4.93. The standard InChI is InChI=1S/C18H23N5O/c1-21(2)18(24)23-12-10-22(11-13-23)17-8-9-19-16(20-17)14-15-6-4-3-5-7-15/h3-9H,10-14H2,1-2H3. The third-order valence-electron chi connectivity index (χ3n) is 4.15. The van der Waals surface area contributed by atoms with Gasteiger partial charge in [-0.15, -0.1) is 0 Å². The number of hydrogen-bond acceptors (Lipinski definition) is 4. The fraction of sp³-hybridized carbons (Fsp3) is 0.389. The molecule has 0 spiro atoms. The van der Waals surface area contributed by atoms with Crippen LogP contribution in [-0.4, -0.2) is 66.1 Å². The van der Waals surface area contributed by atoms with Gasteiger partial charge in [-0.05, 0) is 11.6 Å². The van der Waals surface area contributed by atoms with Crippen LogP contribution in [0.4, 0.5) is 10.6 Å². The molecule has 0 bridgehead atoms. The number of anilines is 1. The maximum Gasteiger partial charge on any atom is 0.319 e. The summed E-state index contributed by atoms with van der Waals surface area (Å²) >= 11 is 0. The average Bonchev–Trinajstić information content (AvgIpc) is 2.62. The van der Waals surface area contributed by atoms with Crippen LogP contribution < -0.4 is 4.90 Å². The first-order valence-electron chi connectivity index (χ1n) is 8.20. The normalized spacial score (nSPS) is 14.6. The van der Waals surface area contributed by atoms with Crippen molar-refractivity contribution in [1.29, 1.82) is 0 Å². The van der Waals surface area contributed by atoms with Crippen LogP contribution in [0.25, 0.3) is 0 Å². The maximum absolute atomic E-state index is 12.0. The smallest absolute Gasteiger partial charge is 0.319 e. The second kappa shape index (κ2) is 7.29. The lowest BCUT2D eigenvalue weighted by Gasteiger charge is -2.36. The number of urea groups is 1. The summed E-state index contributed by atoms with van der Waals surface area (Å²) in [7, 11) is 3.57. The van der Waals surface area contributed by atoms with E-state index in [1.807, 2.05) is 35.4 Å². The topological polar surface area (TPSA) is 52.6 Å². The van der Waals surface area contributed by atoms with Gasteiger partial charge in [0.15, 0.2) is 0 Å². The van der Waals surface area contributed by atoms with Crippen LogP contribution in [0.2, 0.25) is 0 Å². The van der Waals surface area contributed by atoms with Gasteiger partial charge in [-0.1, -0.05) is 30.3 Å². The fourth-order valence-corrected chi connectivity index (χ4v) is 2.84. The maximum atomic E-state index is 12.0. The van der Waals surface area contributed by atoms with Crippen LogP contribution in [0.3, 0.4) is 0 Å². The lowest BCUT2D eigenvalue weighted by atomic mass is 10.1. The van der Waals surface area contributed by atoms with E-state index in [4.69, 9.17) is 4.98 Å². The molecule has 3 rings (SSSR count). The largest absolute Gasteiger partial charge is 0.353 e. The molecule has 2 aromatic rings. The SMILES string of the molecule is CN(C)C(=O)N1CCN(c2ccnc(Cc3ccccc3)n2)CC1. The molecule has 1 aromatic carbocycles. The zero-order valence-corrected chi connectivity index (χ0v) is 14.2. The zero-order valence-electron chi connectivity index (χ0n) is 14.2. The zero-order chi connectivity index (χ0) is 16.9. The summed E-state index contributed by atoms with van der Waals surface area (Å²) in [4.78, 5) is 26.8. The molecule has 0 radical (unpaired) electrons. The predicted molar refractivity (Wildman–Crippen MR) is 94.1 cm³/mol. The molecule has 0 saturated carbocycles. The molecule has 24 heavy (non-hydrogen) atoms. The fourth-order valence-electron chi connectivity index (χ4n) is 2.84. The highest BCUT2D eigenvalue weighted by molar-refractivity contribution is 5.74. The summed E-state index contributed by atoms with van der Waals surface area (Å²) in [5, 5.41) is 0. The second-order valence-electron chi connectivity index (χ2n) is 6.14. The molecule has 0 N–H and O–H groups in total. The minimum Gasteiger partial charge on any atom is -0.353 e. The number of carbonyl (C=O) groups is 1. The third-order valence-corrected chi connectivity index (χ3v) is 4.15. The lowest BCUT2D eigenvalue weighted by molar-refractivity contribution is 0.168. The van der Waals surface area contributed by atoms with Crippen molar-refractivity contribution in [2.45, 2.75) is 6.42 Å². The second-order valence-corrected chi connectivity index (χ2v) is 6.14. The summed E-state index contributed by atoms with van der Waals surface area (Å²) in [5.74, 6) is 1.76. The Labute approximate surface area is 142 Å². The molecule has 0 atom stereocenters. The van der Waals surface area contributed by atoms with E-state index in [2.05, 4.69) is 22.0 Å². The Morgan fingerprint density at radius 2 is 1.79 bits per heavy atom. The lowest BCUT2D eigenvalue weighted by Crippen LogP contribution is -2.51. The van der Waals surface area contributed by atoms with E-state index in [0.717, 1.165) is 44.2 Å². The minimum absolute atomic E-state index is 0.0714. The highest BCUT2D eigenvalue weighted by atomic mass is 16.2. The molecule has 2 heterocycles. The monoisotopic (exact) mass is 325 g/mol. The van der Waals surface area contributed by atoms with Crippen LogP contribution in [0.15, 0.2) is 42.6 Å². The number of amides is 2. The van der Waals surface area contributed by atoms with Crippen molar-refractivity contribution in [3.8, 4) is 0 Å². The number of rotatable bonds is 3. The Morgan fingerprint density at radius 1 is 1.08 bits per heavy atom. The number of aromatic nitrogens is 2. The number of hydrogen-bond donors (Lipinski definition) is 0. The molecule has 2 amide bonds. The summed E-state index contributed by atoms with van der Waals surface area (Å²) < 4.78 is 0. The first-order valence-corrected chi connectivity index (χ1v) is 8.20. The van der Waals surface area contributed by atoms with Crippen molar-refractivity contribution >= 4 is 11.8 Å². The summed E-state index contributed by atoms with van der Waals surface area (Å²) in [6.07, 6.45) is 2.55. The van der Waals surface area contributed by atoms with Crippen LogP contribution >= 0.6 is 0 Å². The van der Waals surface area contributed by atoms with Gasteiger partial charge in [0, 0.05) is 52.9 Å². The van der Waals surface area contributed by atoms with Gasteiger partial charge in [-0.25, -0.2) is 14.8 Å². The van der Waals surface area contributed by atoms with Gasteiger partial charge < -0.3 is 14.7 Å². The molecular weight excluding hydrogens is 302 g/mol. The number of benzene rings is 1.